The van der Waals surface area contributed by atoms with Gasteiger partial charge in [-0.2, -0.15) is 0 Å². The van der Waals surface area contributed by atoms with Crippen molar-refractivity contribution in [2.24, 2.45) is 10.8 Å². The molecule has 0 spiro atoms. The van der Waals surface area contributed by atoms with Crippen molar-refractivity contribution in [1.82, 2.24) is 0 Å². The summed E-state index contributed by atoms with van der Waals surface area (Å²) in [7, 11) is 0. The van der Waals surface area contributed by atoms with Crippen LogP contribution >= 0.6 is 0 Å². The Kier molecular flexibility index (Phi) is 4.30. The molecule has 1 aliphatic carbocycles. The van der Waals surface area contributed by atoms with E-state index in [1.807, 2.05) is 13.8 Å². The van der Waals surface area contributed by atoms with E-state index in [-0.39, 0.29) is 0 Å². The van der Waals surface area contributed by atoms with Crippen molar-refractivity contribution < 1.29 is 0 Å². The zero-order chi connectivity index (χ0) is 9.83. The van der Waals surface area contributed by atoms with Crippen molar-refractivity contribution in [3.63, 3.8) is 0 Å². The summed E-state index contributed by atoms with van der Waals surface area (Å²) in [6.07, 6.45) is 5.72. The third-order valence-corrected chi connectivity index (χ3v) is 3.69. The van der Waals surface area contributed by atoms with Gasteiger partial charge in [0.05, 0.1) is 0 Å². The first-order chi connectivity index (χ1) is 5.46. The molecule has 1 aliphatic rings. The van der Waals surface area contributed by atoms with Crippen molar-refractivity contribution >= 4 is 0 Å². The molecule has 1 fully saturated rings. The lowest BCUT2D eigenvalue weighted by molar-refractivity contribution is 0.0520. The number of rotatable bonds is 0. The lowest BCUT2D eigenvalue weighted by Gasteiger charge is -2.45. The molecule has 0 saturated heterocycles. The van der Waals surface area contributed by atoms with E-state index >= 15 is 0 Å². The maximum Gasteiger partial charge on any atom is -0.0303 e. The zero-order valence-electron chi connectivity index (χ0n) is 9.83. The molecule has 0 heterocycles. The van der Waals surface area contributed by atoms with Crippen LogP contribution in [-0.4, -0.2) is 0 Å². The normalized spacial score (nSPS) is 25.5. The number of hydrogen-bond acceptors (Lipinski definition) is 0. The molecule has 0 heteroatoms. The van der Waals surface area contributed by atoms with Crippen LogP contribution in [0.5, 0.6) is 0 Å². The largest absolute Gasteiger partial charge is 0.0683 e. The zero-order valence-corrected chi connectivity index (χ0v) is 9.83. The van der Waals surface area contributed by atoms with Crippen LogP contribution in [0.2, 0.25) is 0 Å². The minimum atomic E-state index is 0.575. The summed E-state index contributed by atoms with van der Waals surface area (Å²) >= 11 is 0. The standard InChI is InChI=1S/C10H20.C2H6/c1-9(2)7-5-6-8-10(9,3)4;1-2/h5-8H2,1-4H3;1-2H3. The molecule has 0 nitrogen and oxygen atoms in total. The van der Waals surface area contributed by atoms with Crippen LogP contribution in [0, 0.1) is 10.8 Å². The third-order valence-electron chi connectivity index (χ3n) is 3.69. The molecule has 0 aliphatic heterocycles. The summed E-state index contributed by atoms with van der Waals surface area (Å²) in [6.45, 7) is 13.6. The van der Waals surface area contributed by atoms with E-state index < -0.39 is 0 Å². The van der Waals surface area contributed by atoms with Crippen molar-refractivity contribution in [2.75, 3.05) is 0 Å². The van der Waals surface area contributed by atoms with Gasteiger partial charge >= 0.3 is 0 Å². The molecule has 0 N–H and O–H groups in total. The Bertz CT molecular complexity index is 104. The van der Waals surface area contributed by atoms with Gasteiger partial charge in [-0.25, -0.2) is 0 Å². The summed E-state index contributed by atoms with van der Waals surface area (Å²) in [6, 6.07) is 0. The van der Waals surface area contributed by atoms with Gasteiger partial charge in [0.2, 0.25) is 0 Å². The predicted molar refractivity (Wildman–Crippen MR) is 57.4 cm³/mol. The lowest BCUT2D eigenvalue weighted by atomic mass is 9.60. The molecular formula is C12H26. The average Bonchev–Trinajstić information content (AvgIpc) is 2.00. The second kappa shape index (κ2) is 4.30. The van der Waals surface area contributed by atoms with Crippen molar-refractivity contribution in [2.45, 2.75) is 67.2 Å². The highest BCUT2D eigenvalue weighted by Crippen LogP contribution is 2.49. The van der Waals surface area contributed by atoms with Crippen LogP contribution in [0.1, 0.15) is 67.2 Å². The summed E-state index contributed by atoms with van der Waals surface area (Å²) in [5.74, 6) is 0. The van der Waals surface area contributed by atoms with Gasteiger partial charge in [0, 0.05) is 0 Å². The number of hydrogen-bond donors (Lipinski definition) is 0. The first kappa shape index (κ1) is 12.0. The van der Waals surface area contributed by atoms with Crippen LogP contribution in [0.4, 0.5) is 0 Å². The van der Waals surface area contributed by atoms with Crippen LogP contribution in [-0.2, 0) is 0 Å². The van der Waals surface area contributed by atoms with E-state index in [1.54, 1.807) is 0 Å². The fourth-order valence-corrected chi connectivity index (χ4v) is 1.81. The van der Waals surface area contributed by atoms with Gasteiger partial charge in [0.15, 0.2) is 0 Å². The highest BCUT2D eigenvalue weighted by Gasteiger charge is 2.38. The second-order valence-electron chi connectivity index (χ2n) is 4.97. The van der Waals surface area contributed by atoms with E-state index in [4.69, 9.17) is 0 Å². The molecule has 1 rings (SSSR count). The van der Waals surface area contributed by atoms with Gasteiger partial charge in [0.1, 0.15) is 0 Å². The van der Waals surface area contributed by atoms with Gasteiger partial charge in [-0.3, -0.25) is 0 Å². The summed E-state index contributed by atoms with van der Waals surface area (Å²) < 4.78 is 0. The average molecular weight is 170 g/mol. The van der Waals surface area contributed by atoms with E-state index in [0.717, 1.165) is 0 Å². The first-order valence-electron chi connectivity index (χ1n) is 5.46. The first-order valence-corrected chi connectivity index (χ1v) is 5.46. The van der Waals surface area contributed by atoms with E-state index in [1.165, 1.54) is 25.7 Å². The maximum atomic E-state index is 2.41. The Balaban J connectivity index is 0.000000561. The van der Waals surface area contributed by atoms with E-state index in [0.29, 0.717) is 10.8 Å². The topological polar surface area (TPSA) is 0 Å². The molecule has 0 atom stereocenters. The highest BCUT2D eigenvalue weighted by molar-refractivity contribution is 4.89. The summed E-state index contributed by atoms with van der Waals surface area (Å²) in [5, 5.41) is 0. The van der Waals surface area contributed by atoms with Crippen LogP contribution in [0.25, 0.3) is 0 Å². The smallest absolute Gasteiger partial charge is 0.0303 e. The summed E-state index contributed by atoms with van der Waals surface area (Å²) in [4.78, 5) is 0. The van der Waals surface area contributed by atoms with Gasteiger partial charge < -0.3 is 0 Å². The monoisotopic (exact) mass is 170 g/mol. The van der Waals surface area contributed by atoms with Crippen LogP contribution in [0.3, 0.4) is 0 Å². The Morgan fingerprint density at radius 1 is 0.667 bits per heavy atom. The minimum Gasteiger partial charge on any atom is -0.0683 e. The molecule has 0 amide bonds. The molecule has 0 aromatic rings. The van der Waals surface area contributed by atoms with Gasteiger partial charge in [-0.1, -0.05) is 54.4 Å². The molecule has 0 radical (unpaired) electrons. The quantitative estimate of drug-likeness (QED) is 0.497. The maximum absolute atomic E-state index is 2.41. The molecule has 1 saturated carbocycles. The van der Waals surface area contributed by atoms with Gasteiger partial charge in [-0.15, -0.1) is 0 Å². The Morgan fingerprint density at radius 2 is 0.917 bits per heavy atom. The van der Waals surface area contributed by atoms with E-state index in [9.17, 15) is 0 Å². The highest BCUT2D eigenvalue weighted by atomic mass is 14.4. The third kappa shape index (κ3) is 2.50. The van der Waals surface area contributed by atoms with Crippen molar-refractivity contribution in [3.8, 4) is 0 Å². The molecule has 12 heavy (non-hydrogen) atoms. The Morgan fingerprint density at radius 3 is 1.08 bits per heavy atom. The fraction of sp³-hybridized carbons (Fsp3) is 1.00. The van der Waals surface area contributed by atoms with Gasteiger partial charge in [0.25, 0.3) is 0 Å². The molecule has 0 aromatic heterocycles. The minimum absolute atomic E-state index is 0.575. The van der Waals surface area contributed by atoms with Crippen molar-refractivity contribution in [1.29, 1.82) is 0 Å². The molecular weight excluding hydrogens is 144 g/mol. The molecule has 74 valence electrons. The van der Waals surface area contributed by atoms with Crippen LogP contribution < -0.4 is 0 Å². The van der Waals surface area contributed by atoms with E-state index in [2.05, 4.69) is 27.7 Å². The fourth-order valence-electron chi connectivity index (χ4n) is 1.81. The van der Waals surface area contributed by atoms with Crippen LogP contribution in [0.15, 0.2) is 0 Å². The van der Waals surface area contributed by atoms with Gasteiger partial charge in [-0.05, 0) is 23.7 Å². The SMILES string of the molecule is CC.CC1(C)CCCCC1(C)C. The predicted octanol–water partition coefficient (Wildman–Crippen LogP) is 4.64. The second-order valence-corrected chi connectivity index (χ2v) is 4.97. The molecule has 0 unspecified atom stereocenters. The van der Waals surface area contributed by atoms with Crippen molar-refractivity contribution in [3.05, 3.63) is 0 Å². The lowest BCUT2D eigenvalue weighted by Crippen LogP contribution is -2.35. The Labute approximate surface area is 78.8 Å². The Hall–Kier alpha value is 0. The molecule has 0 bridgehead atoms. The summed E-state index contributed by atoms with van der Waals surface area (Å²) in [5.41, 5.74) is 1.15. The molecule has 0 aromatic carbocycles.